The van der Waals surface area contributed by atoms with Gasteiger partial charge < -0.3 is 4.90 Å². The van der Waals surface area contributed by atoms with Crippen LogP contribution < -0.4 is 0 Å². The molecule has 0 radical (unpaired) electrons. The molecular weight excluding hydrogens is 418 g/mol. The summed E-state index contributed by atoms with van der Waals surface area (Å²) in [5, 5.41) is -1.20. The highest BCUT2D eigenvalue weighted by Crippen LogP contribution is 2.35. The zero-order valence-corrected chi connectivity index (χ0v) is 18.8. The third-order valence-electron chi connectivity index (χ3n) is 5.69. The van der Waals surface area contributed by atoms with Crippen molar-refractivity contribution < 1.29 is 13.2 Å². The normalized spacial score (nSPS) is 18.2. The van der Waals surface area contributed by atoms with E-state index in [1.54, 1.807) is 24.3 Å². The Bertz CT molecular complexity index is 1260. The van der Waals surface area contributed by atoms with Crippen LogP contribution in [0.4, 0.5) is 0 Å². The Morgan fingerprint density at radius 2 is 1.53 bits per heavy atom. The van der Waals surface area contributed by atoms with Crippen molar-refractivity contribution in [3.8, 4) is 0 Å². The highest BCUT2D eigenvalue weighted by atomic mass is 32.2. The highest BCUT2D eigenvalue weighted by molar-refractivity contribution is 7.92. The lowest BCUT2D eigenvalue weighted by Crippen LogP contribution is -2.46. The minimum atomic E-state index is -3.87. The number of benzene rings is 3. The number of likely N-dealkylation sites (tertiary alicyclic amines) is 1. The van der Waals surface area contributed by atoms with E-state index >= 15 is 0 Å². The van der Waals surface area contributed by atoms with Gasteiger partial charge in [-0.1, -0.05) is 84.9 Å². The Hall–Kier alpha value is -3.44. The Morgan fingerprint density at radius 3 is 2.16 bits per heavy atom. The molecule has 1 amide bonds. The van der Waals surface area contributed by atoms with E-state index in [4.69, 9.17) is 0 Å². The van der Waals surface area contributed by atoms with Crippen molar-refractivity contribution in [3.63, 3.8) is 0 Å². The van der Waals surface area contributed by atoms with Crippen LogP contribution in [0.25, 0.3) is 6.08 Å². The summed E-state index contributed by atoms with van der Waals surface area (Å²) in [6.07, 6.45) is 2.01. The first kappa shape index (κ1) is 21.8. The largest absolute Gasteiger partial charge is 0.307 e. The minimum Gasteiger partial charge on any atom is -0.307 e. The topological polar surface area (TPSA) is 54.5 Å². The van der Waals surface area contributed by atoms with Crippen molar-refractivity contribution in [1.29, 1.82) is 0 Å². The molecule has 1 unspecified atom stereocenters. The fourth-order valence-corrected chi connectivity index (χ4v) is 5.49. The van der Waals surface area contributed by atoms with Crippen LogP contribution in [0.15, 0.2) is 108 Å². The molecule has 1 aliphatic heterocycles. The smallest absolute Gasteiger partial charge is 0.246 e. The van der Waals surface area contributed by atoms with Crippen molar-refractivity contribution in [1.82, 2.24) is 4.90 Å². The average molecular weight is 444 g/mol. The summed E-state index contributed by atoms with van der Waals surface area (Å²) < 4.78 is 27.0. The number of nitrogens with zero attached hydrogens (tertiary/aromatic N) is 1. The summed E-state index contributed by atoms with van der Waals surface area (Å²) >= 11 is 0. The van der Waals surface area contributed by atoms with E-state index in [9.17, 15) is 13.2 Å². The van der Waals surface area contributed by atoms with Gasteiger partial charge in [0.2, 0.25) is 5.91 Å². The second kappa shape index (κ2) is 8.97. The van der Waals surface area contributed by atoms with Gasteiger partial charge in [-0.05, 0) is 41.8 Å². The predicted molar refractivity (Wildman–Crippen MR) is 127 cm³/mol. The third kappa shape index (κ3) is 4.43. The van der Waals surface area contributed by atoms with E-state index in [1.807, 2.05) is 73.7 Å². The van der Waals surface area contributed by atoms with Gasteiger partial charge >= 0.3 is 0 Å². The number of piperidine rings is 1. The summed E-state index contributed by atoms with van der Waals surface area (Å²) in [5.74, 6) is -0.440. The van der Waals surface area contributed by atoms with Crippen LogP contribution in [0.5, 0.6) is 0 Å². The van der Waals surface area contributed by atoms with Gasteiger partial charge in [-0.15, -0.1) is 0 Å². The average Bonchev–Trinajstić information content (AvgIpc) is 2.80. The van der Waals surface area contributed by atoms with Gasteiger partial charge in [0.25, 0.3) is 0 Å². The van der Waals surface area contributed by atoms with Gasteiger partial charge in [-0.2, -0.15) is 0 Å². The van der Waals surface area contributed by atoms with Gasteiger partial charge in [0.05, 0.1) is 11.4 Å². The molecule has 4 nitrogen and oxygen atoms in total. The molecule has 0 saturated carbocycles. The Balaban J connectivity index is 1.77. The first-order valence-electron chi connectivity index (χ1n) is 10.5. The molecule has 1 atom stereocenters. The van der Waals surface area contributed by atoms with Gasteiger partial charge in [0, 0.05) is 12.1 Å². The number of hydrogen-bond acceptors (Lipinski definition) is 3. The molecule has 3 aromatic rings. The molecule has 0 aliphatic carbocycles. The maximum atomic E-state index is 13.5. The molecule has 3 aromatic carbocycles. The molecule has 0 spiro atoms. The van der Waals surface area contributed by atoms with Crippen molar-refractivity contribution in [2.75, 3.05) is 0 Å². The molecule has 1 heterocycles. The summed E-state index contributed by atoms with van der Waals surface area (Å²) in [5.41, 5.74) is 4.09. The van der Waals surface area contributed by atoms with Crippen LogP contribution in [-0.2, 0) is 21.2 Å². The molecule has 5 heteroatoms. The molecule has 0 bridgehead atoms. The number of sulfone groups is 1. The van der Waals surface area contributed by atoms with Gasteiger partial charge in [0.15, 0.2) is 9.84 Å². The van der Waals surface area contributed by atoms with Crippen LogP contribution in [0.3, 0.4) is 0 Å². The quantitative estimate of drug-likeness (QED) is 0.547. The number of carbonyl (C=O) groups excluding carboxylic acids is 1. The fourth-order valence-electron chi connectivity index (χ4n) is 3.85. The van der Waals surface area contributed by atoms with Crippen molar-refractivity contribution >= 4 is 21.8 Å². The maximum Gasteiger partial charge on any atom is 0.246 e. The molecule has 1 fully saturated rings. The first-order chi connectivity index (χ1) is 15.4. The number of hydrogen-bond donors (Lipinski definition) is 0. The van der Waals surface area contributed by atoms with E-state index in [0.717, 1.165) is 22.3 Å². The van der Waals surface area contributed by atoms with E-state index in [-0.39, 0.29) is 17.9 Å². The van der Waals surface area contributed by atoms with Crippen LogP contribution in [0.2, 0.25) is 0 Å². The second-order valence-corrected chi connectivity index (χ2v) is 10.1. The lowest BCUT2D eigenvalue weighted by Gasteiger charge is -2.35. The fraction of sp³-hybridized carbons (Fsp3) is 0.148. The summed E-state index contributed by atoms with van der Waals surface area (Å²) in [7, 11) is -3.87. The SMILES string of the molecule is C=C1/C(=C\c2ccccc2)CC(S(=O)(=O)c2ccc(C)cc2)C(=O)N1Cc1ccccc1. The Kier molecular flexibility index (Phi) is 6.10. The van der Waals surface area contributed by atoms with Crippen molar-refractivity contribution in [3.05, 3.63) is 119 Å². The zero-order chi connectivity index (χ0) is 22.7. The third-order valence-corrected chi connectivity index (χ3v) is 7.74. The van der Waals surface area contributed by atoms with Gasteiger partial charge in [0.1, 0.15) is 5.25 Å². The maximum absolute atomic E-state index is 13.5. The van der Waals surface area contributed by atoms with E-state index in [2.05, 4.69) is 6.58 Å². The number of amides is 1. The molecule has 4 rings (SSSR count). The number of aryl methyl sites for hydroxylation is 1. The number of rotatable bonds is 5. The molecule has 162 valence electrons. The molecule has 0 aromatic heterocycles. The summed E-state index contributed by atoms with van der Waals surface area (Å²) in [6, 6.07) is 25.8. The monoisotopic (exact) mass is 443 g/mol. The summed E-state index contributed by atoms with van der Waals surface area (Å²) in [4.78, 5) is 15.1. The second-order valence-electron chi connectivity index (χ2n) is 7.99. The Labute approximate surface area is 189 Å². The van der Waals surface area contributed by atoms with E-state index in [1.165, 1.54) is 4.90 Å². The van der Waals surface area contributed by atoms with Crippen LogP contribution >= 0.6 is 0 Å². The zero-order valence-electron chi connectivity index (χ0n) is 17.9. The molecule has 0 N–H and O–H groups in total. The lowest BCUT2D eigenvalue weighted by molar-refractivity contribution is -0.130. The van der Waals surface area contributed by atoms with Crippen LogP contribution in [0, 0.1) is 6.92 Å². The Morgan fingerprint density at radius 1 is 0.938 bits per heavy atom. The highest BCUT2D eigenvalue weighted by Gasteiger charge is 2.42. The number of carbonyl (C=O) groups is 1. The van der Waals surface area contributed by atoms with Crippen LogP contribution in [-0.4, -0.2) is 24.5 Å². The minimum absolute atomic E-state index is 0.0913. The van der Waals surface area contributed by atoms with Crippen LogP contribution in [0.1, 0.15) is 23.1 Å². The predicted octanol–water partition coefficient (Wildman–Crippen LogP) is 5.17. The molecule has 1 saturated heterocycles. The molecule has 32 heavy (non-hydrogen) atoms. The van der Waals surface area contributed by atoms with E-state index in [0.29, 0.717) is 5.70 Å². The number of allylic oxidation sites excluding steroid dienone is 1. The molecule has 1 aliphatic rings. The van der Waals surface area contributed by atoms with Crippen molar-refractivity contribution in [2.45, 2.75) is 30.0 Å². The van der Waals surface area contributed by atoms with Gasteiger partial charge in [-0.3, -0.25) is 4.79 Å². The lowest BCUT2D eigenvalue weighted by atomic mass is 9.97. The van der Waals surface area contributed by atoms with Gasteiger partial charge in [-0.25, -0.2) is 8.42 Å². The molecular formula is C27H25NO3S. The summed E-state index contributed by atoms with van der Waals surface area (Å²) in [6.45, 7) is 6.33. The first-order valence-corrected chi connectivity index (χ1v) is 12.0. The van der Waals surface area contributed by atoms with E-state index < -0.39 is 21.0 Å². The standard InChI is InChI=1S/C27H25NO3S/c1-20-13-15-25(16-14-20)32(30,31)26-18-24(17-22-9-5-3-6-10-22)21(2)28(27(26)29)19-23-11-7-4-8-12-23/h3-17,26H,2,18-19H2,1H3/b24-17-. The van der Waals surface area contributed by atoms with Crippen molar-refractivity contribution in [2.24, 2.45) is 0 Å².